The summed E-state index contributed by atoms with van der Waals surface area (Å²) in [6.45, 7) is 7.49. The van der Waals surface area contributed by atoms with Gasteiger partial charge >= 0.3 is 11.9 Å². The van der Waals surface area contributed by atoms with E-state index in [0.29, 0.717) is 19.4 Å². The molecule has 0 N–H and O–H groups in total. The van der Waals surface area contributed by atoms with E-state index in [4.69, 9.17) is 14.2 Å². The average Bonchev–Trinajstić information content (AvgIpc) is 3.30. The normalized spacial score (nSPS) is 13.1. The molecule has 1 atom stereocenters. The molecule has 0 aliphatic carbocycles. The Morgan fingerprint density at radius 2 is 0.703 bits per heavy atom. The number of allylic oxidation sites excluding steroid dienone is 18. The predicted molar refractivity (Wildman–Crippen MR) is 279 cm³/mol. The Hall–Kier alpha value is -3.44. The van der Waals surface area contributed by atoms with E-state index in [-0.39, 0.29) is 25.2 Å². The topological polar surface area (TPSA) is 61.8 Å². The summed E-state index contributed by atoms with van der Waals surface area (Å²) in [6, 6.07) is 0. The minimum Gasteiger partial charge on any atom is -0.462 e. The van der Waals surface area contributed by atoms with Gasteiger partial charge in [0.1, 0.15) is 6.61 Å². The second-order valence-electron chi connectivity index (χ2n) is 17.0. The number of esters is 2. The van der Waals surface area contributed by atoms with E-state index in [0.717, 1.165) is 122 Å². The Bertz CT molecular complexity index is 1280. The van der Waals surface area contributed by atoms with Gasteiger partial charge in [-0.1, -0.05) is 220 Å². The minimum absolute atomic E-state index is 0.0506. The van der Waals surface area contributed by atoms with E-state index in [1.54, 1.807) is 0 Å². The number of hydrogen-bond donors (Lipinski definition) is 0. The van der Waals surface area contributed by atoms with Gasteiger partial charge in [0.05, 0.1) is 6.61 Å². The first-order chi connectivity index (χ1) is 31.6. The van der Waals surface area contributed by atoms with Gasteiger partial charge < -0.3 is 14.2 Å². The molecule has 0 aliphatic rings. The van der Waals surface area contributed by atoms with Gasteiger partial charge in [-0.25, -0.2) is 0 Å². The molecule has 5 nitrogen and oxygen atoms in total. The fourth-order valence-electron chi connectivity index (χ4n) is 6.94. The molecule has 0 rings (SSSR count). The van der Waals surface area contributed by atoms with Crippen molar-refractivity contribution in [2.45, 2.75) is 232 Å². The Kier molecular flexibility index (Phi) is 51.0. The highest BCUT2D eigenvalue weighted by Gasteiger charge is 2.17. The third-order valence-corrected chi connectivity index (χ3v) is 10.8. The van der Waals surface area contributed by atoms with Crippen LogP contribution in [0, 0.1) is 0 Å². The molecule has 0 spiro atoms. The van der Waals surface area contributed by atoms with Crippen molar-refractivity contribution >= 4 is 11.9 Å². The van der Waals surface area contributed by atoms with Crippen LogP contribution in [0.15, 0.2) is 109 Å². The second-order valence-corrected chi connectivity index (χ2v) is 17.0. The highest BCUT2D eigenvalue weighted by Crippen LogP contribution is 2.14. The Labute approximate surface area is 395 Å². The van der Waals surface area contributed by atoms with E-state index in [1.807, 2.05) is 0 Å². The molecule has 0 aromatic rings. The molecule has 0 aromatic heterocycles. The van der Waals surface area contributed by atoms with Gasteiger partial charge in [-0.2, -0.15) is 0 Å². The summed E-state index contributed by atoms with van der Waals surface area (Å²) in [7, 11) is 0. The van der Waals surface area contributed by atoms with Crippen molar-refractivity contribution in [1.82, 2.24) is 0 Å². The molecule has 0 saturated carbocycles. The van der Waals surface area contributed by atoms with Crippen LogP contribution in [0.5, 0.6) is 0 Å². The maximum atomic E-state index is 12.8. The number of carbonyl (C=O) groups excluding carboxylic acids is 2. The van der Waals surface area contributed by atoms with Gasteiger partial charge in [0, 0.05) is 19.4 Å². The molecule has 0 radical (unpaired) electrons. The summed E-state index contributed by atoms with van der Waals surface area (Å²) in [5, 5.41) is 0. The molecule has 64 heavy (non-hydrogen) atoms. The summed E-state index contributed by atoms with van der Waals surface area (Å²) < 4.78 is 17.4. The second kappa shape index (κ2) is 53.9. The largest absolute Gasteiger partial charge is 0.462 e. The van der Waals surface area contributed by atoms with Crippen LogP contribution in [-0.2, 0) is 23.8 Å². The van der Waals surface area contributed by atoms with Gasteiger partial charge in [0.2, 0.25) is 0 Å². The van der Waals surface area contributed by atoms with E-state index >= 15 is 0 Å². The van der Waals surface area contributed by atoms with Crippen molar-refractivity contribution in [3.8, 4) is 0 Å². The van der Waals surface area contributed by atoms with Crippen molar-refractivity contribution in [3.63, 3.8) is 0 Å². The van der Waals surface area contributed by atoms with E-state index < -0.39 is 6.10 Å². The quantitative estimate of drug-likeness (QED) is 0.0346. The van der Waals surface area contributed by atoms with Gasteiger partial charge in [-0.3, -0.25) is 9.59 Å². The van der Waals surface area contributed by atoms with Crippen LogP contribution >= 0.6 is 0 Å². The fourth-order valence-corrected chi connectivity index (χ4v) is 6.94. The number of ether oxygens (including phenoxy) is 3. The Morgan fingerprint density at radius 1 is 0.359 bits per heavy atom. The molecule has 1 unspecified atom stereocenters. The standard InChI is InChI=1S/C59H98O5/c1-4-7-10-13-16-19-22-25-27-29-30-31-32-35-37-40-43-46-49-52-58(60)63-56-57(64-59(61)53-50-47-44-41-38-34-24-21-18-15-12-9-6-3)55-62-54-51-48-45-42-39-36-33-28-26-23-20-17-14-11-8-5-2/h7-8,10-11,16-17,19-20,25-28,30-31,35-37,39,57H,4-6,9,12-15,18,21-24,29,32-34,38,40-56H2,1-3H3/b10-7-,11-8-,19-16-,20-17-,27-25-,28-26-,31-30-,37-35-,39-36-. The van der Waals surface area contributed by atoms with E-state index in [9.17, 15) is 9.59 Å². The third kappa shape index (κ3) is 51.2. The zero-order valence-electron chi connectivity index (χ0n) is 41.8. The number of rotatable bonds is 47. The molecule has 0 heterocycles. The summed E-state index contributed by atoms with van der Waals surface area (Å²) >= 11 is 0. The lowest BCUT2D eigenvalue weighted by Gasteiger charge is -2.18. The van der Waals surface area contributed by atoms with E-state index in [2.05, 4.69) is 130 Å². The van der Waals surface area contributed by atoms with Crippen LogP contribution < -0.4 is 0 Å². The van der Waals surface area contributed by atoms with Gasteiger partial charge in [-0.05, 0) is 103 Å². The minimum atomic E-state index is -0.571. The summed E-state index contributed by atoms with van der Waals surface area (Å²) in [5.74, 6) is -0.455. The first-order valence-corrected chi connectivity index (χ1v) is 26.4. The molecular formula is C59H98O5. The van der Waals surface area contributed by atoms with Gasteiger partial charge in [0.15, 0.2) is 6.10 Å². The van der Waals surface area contributed by atoms with Crippen LogP contribution in [0.4, 0.5) is 0 Å². The lowest BCUT2D eigenvalue weighted by Crippen LogP contribution is -2.30. The number of carbonyl (C=O) groups is 2. The van der Waals surface area contributed by atoms with Crippen molar-refractivity contribution in [3.05, 3.63) is 109 Å². The molecule has 0 aromatic carbocycles. The maximum absolute atomic E-state index is 12.8. The molecule has 0 amide bonds. The fraction of sp³-hybridized carbons (Fsp3) is 0.661. The maximum Gasteiger partial charge on any atom is 0.306 e. The lowest BCUT2D eigenvalue weighted by molar-refractivity contribution is -0.163. The molecule has 0 fully saturated rings. The van der Waals surface area contributed by atoms with Crippen molar-refractivity contribution in [2.24, 2.45) is 0 Å². The smallest absolute Gasteiger partial charge is 0.306 e. The van der Waals surface area contributed by atoms with Gasteiger partial charge in [0.25, 0.3) is 0 Å². The van der Waals surface area contributed by atoms with Crippen molar-refractivity contribution in [1.29, 1.82) is 0 Å². The first kappa shape index (κ1) is 60.6. The predicted octanol–water partition coefficient (Wildman–Crippen LogP) is 18.0. The van der Waals surface area contributed by atoms with Crippen LogP contribution in [-0.4, -0.2) is 37.9 Å². The summed E-state index contributed by atoms with van der Waals surface area (Å²) in [4.78, 5) is 25.4. The molecule has 0 saturated heterocycles. The molecule has 364 valence electrons. The average molecular weight is 887 g/mol. The molecule has 0 bridgehead atoms. The van der Waals surface area contributed by atoms with Crippen LogP contribution in [0.3, 0.4) is 0 Å². The van der Waals surface area contributed by atoms with Crippen molar-refractivity contribution < 1.29 is 23.8 Å². The number of unbranched alkanes of at least 4 members (excludes halogenated alkanes) is 18. The molecule has 5 heteroatoms. The first-order valence-electron chi connectivity index (χ1n) is 26.4. The zero-order valence-corrected chi connectivity index (χ0v) is 41.8. The van der Waals surface area contributed by atoms with Crippen LogP contribution in [0.25, 0.3) is 0 Å². The SMILES string of the molecule is CC/C=C\C/C=C\C/C=C\C/C=C\C/C=C\CCCCCC(=O)OCC(COCCCCC/C=C\C/C=C\C/C=C\C/C=C\CC)OC(=O)CCCCCCCCCCCCCCC. The summed E-state index contributed by atoms with van der Waals surface area (Å²) in [6.07, 6.45) is 73.8. The van der Waals surface area contributed by atoms with Crippen molar-refractivity contribution in [2.75, 3.05) is 19.8 Å². The monoisotopic (exact) mass is 887 g/mol. The highest BCUT2D eigenvalue weighted by atomic mass is 16.6. The third-order valence-electron chi connectivity index (χ3n) is 10.8. The van der Waals surface area contributed by atoms with Crippen LogP contribution in [0.1, 0.15) is 226 Å². The lowest BCUT2D eigenvalue weighted by atomic mass is 10.0. The number of hydrogen-bond acceptors (Lipinski definition) is 5. The Morgan fingerprint density at radius 3 is 1.12 bits per heavy atom. The van der Waals surface area contributed by atoms with E-state index in [1.165, 1.54) is 70.6 Å². The zero-order chi connectivity index (χ0) is 46.3. The van der Waals surface area contributed by atoms with Gasteiger partial charge in [-0.15, -0.1) is 0 Å². The van der Waals surface area contributed by atoms with Crippen LogP contribution in [0.2, 0.25) is 0 Å². The molecule has 0 aliphatic heterocycles. The summed E-state index contributed by atoms with van der Waals surface area (Å²) in [5.41, 5.74) is 0. The molecular weight excluding hydrogens is 789 g/mol. The Balaban J connectivity index is 4.39. The highest BCUT2D eigenvalue weighted by molar-refractivity contribution is 5.70.